The van der Waals surface area contributed by atoms with Gasteiger partial charge in [0.05, 0.1) is 39.1 Å². The van der Waals surface area contributed by atoms with Gasteiger partial charge in [-0.1, -0.05) is 42.0 Å². The number of rotatable bonds is 10. The zero-order chi connectivity index (χ0) is 28.2. The molecule has 0 atom stereocenters. The summed E-state index contributed by atoms with van der Waals surface area (Å²) >= 11 is 8.11. The molecule has 0 aliphatic carbocycles. The molecule has 0 unspecified atom stereocenters. The Kier molecular flexibility index (Phi) is 9.19. The molecule has 39 heavy (non-hydrogen) atoms. The fourth-order valence-corrected chi connectivity index (χ4v) is 6.40. The summed E-state index contributed by atoms with van der Waals surface area (Å²) in [4.78, 5) is 19.0. The lowest BCUT2D eigenvalue weighted by molar-refractivity contribution is -0.129. The highest BCUT2D eigenvalue weighted by molar-refractivity contribution is 7.92. The van der Waals surface area contributed by atoms with E-state index in [1.165, 1.54) is 17.4 Å². The maximum atomic E-state index is 12.6. The minimum atomic E-state index is -4.60. The Morgan fingerprint density at radius 2 is 1.87 bits per heavy atom. The third kappa shape index (κ3) is 7.71. The summed E-state index contributed by atoms with van der Waals surface area (Å²) < 4.78 is 64.8. The van der Waals surface area contributed by atoms with Crippen molar-refractivity contribution in [3.05, 3.63) is 35.5 Å². The highest BCUT2D eigenvalue weighted by atomic mass is 35.5. The normalized spacial score (nSPS) is 15.0. The monoisotopic (exact) mass is 603 g/mol. The van der Waals surface area contributed by atoms with Gasteiger partial charge in [0.25, 0.3) is 0 Å². The van der Waals surface area contributed by atoms with E-state index in [9.17, 15) is 21.6 Å². The lowest BCUT2D eigenvalue weighted by Crippen LogP contribution is -2.44. The van der Waals surface area contributed by atoms with Crippen LogP contribution in [0.25, 0.3) is 21.8 Å². The van der Waals surface area contributed by atoms with Crippen LogP contribution in [0.3, 0.4) is 0 Å². The molecule has 4 rings (SSSR count). The maximum Gasteiger partial charge on any atom is 0.390 e. The van der Waals surface area contributed by atoms with Crippen LogP contribution >= 0.6 is 22.9 Å². The smallest absolute Gasteiger partial charge is 0.354 e. The largest absolute Gasteiger partial charge is 0.390 e. The summed E-state index contributed by atoms with van der Waals surface area (Å²) in [6.07, 6.45) is -3.52. The predicted molar refractivity (Wildman–Crippen MR) is 150 cm³/mol. The highest BCUT2D eigenvalue weighted by Gasteiger charge is 2.30. The van der Waals surface area contributed by atoms with E-state index >= 15 is 0 Å². The van der Waals surface area contributed by atoms with Gasteiger partial charge in [-0.15, -0.1) is 0 Å². The first-order chi connectivity index (χ1) is 18.5. The molecule has 0 amide bonds. The summed E-state index contributed by atoms with van der Waals surface area (Å²) in [6, 6.07) is 6.44. The molecule has 2 N–H and O–H groups in total. The van der Waals surface area contributed by atoms with Crippen molar-refractivity contribution in [3.8, 4) is 21.8 Å². The second-order valence-corrected chi connectivity index (χ2v) is 12.3. The molecule has 0 bridgehead atoms. The number of nitrogens with one attached hydrogen (secondary N) is 2. The van der Waals surface area contributed by atoms with E-state index < -0.39 is 28.4 Å². The number of likely N-dealkylation sites (N-methyl/N-ethyl adjacent to an activating group) is 1. The van der Waals surface area contributed by atoms with Crippen LogP contribution in [0.5, 0.6) is 0 Å². The minimum absolute atomic E-state index is 0.0237. The first-order valence-electron chi connectivity index (χ1n) is 12.3. The standard InChI is InChI=1S/C24H29ClF3N7O2S2/c1-3-9-29-22-30-10-7-18(31-22)21-20(32-23(38-21)35-13-11-34(2)12-14-35)16-5-4-6-17(19(16)25)33-39(36,37)15-8-24(26,27)28/h4-7,10,33H,3,8-9,11-15H2,1-2H3,(H,29,30,31). The molecular weight excluding hydrogens is 575 g/mol. The van der Waals surface area contributed by atoms with E-state index in [0.29, 0.717) is 34.3 Å². The summed E-state index contributed by atoms with van der Waals surface area (Å²) in [5, 5.41) is 3.97. The van der Waals surface area contributed by atoms with Crippen molar-refractivity contribution < 1.29 is 21.6 Å². The average Bonchev–Trinajstić information content (AvgIpc) is 3.33. The Morgan fingerprint density at radius 1 is 1.13 bits per heavy atom. The number of benzene rings is 1. The maximum absolute atomic E-state index is 12.6. The third-order valence-electron chi connectivity index (χ3n) is 5.98. The van der Waals surface area contributed by atoms with Gasteiger partial charge >= 0.3 is 6.18 Å². The molecule has 0 radical (unpaired) electrons. The summed E-state index contributed by atoms with van der Waals surface area (Å²) in [5.74, 6) is -0.645. The number of alkyl halides is 3. The van der Waals surface area contributed by atoms with E-state index in [4.69, 9.17) is 16.6 Å². The fourth-order valence-electron chi connectivity index (χ4n) is 3.87. The Labute approximate surface area is 234 Å². The molecule has 1 aromatic carbocycles. The lowest BCUT2D eigenvalue weighted by atomic mass is 10.1. The number of hydrogen-bond acceptors (Lipinski definition) is 9. The van der Waals surface area contributed by atoms with Gasteiger partial charge in [-0.25, -0.2) is 23.4 Å². The van der Waals surface area contributed by atoms with Crippen LogP contribution < -0.4 is 14.9 Å². The number of hydrogen-bond donors (Lipinski definition) is 2. The van der Waals surface area contributed by atoms with Crippen LogP contribution in [0, 0.1) is 0 Å². The van der Waals surface area contributed by atoms with Gasteiger partial charge < -0.3 is 15.1 Å². The summed E-state index contributed by atoms with van der Waals surface area (Å²) in [7, 11) is -2.24. The fraction of sp³-hybridized carbons (Fsp3) is 0.458. The van der Waals surface area contributed by atoms with Crippen molar-refractivity contribution in [2.24, 2.45) is 0 Å². The van der Waals surface area contributed by atoms with E-state index in [0.717, 1.165) is 37.7 Å². The molecule has 1 saturated heterocycles. The number of thiazole rings is 1. The van der Waals surface area contributed by atoms with Crippen molar-refractivity contribution in [2.75, 3.05) is 60.5 Å². The first-order valence-corrected chi connectivity index (χ1v) is 15.2. The molecule has 1 fully saturated rings. The Balaban J connectivity index is 1.74. The van der Waals surface area contributed by atoms with Crippen molar-refractivity contribution in [3.63, 3.8) is 0 Å². The van der Waals surface area contributed by atoms with Crippen LogP contribution in [-0.4, -0.2) is 80.0 Å². The van der Waals surface area contributed by atoms with Gasteiger partial charge in [-0.3, -0.25) is 4.72 Å². The number of aromatic nitrogens is 3. The molecule has 0 spiro atoms. The van der Waals surface area contributed by atoms with E-state index in [2.05, 4.69) is 36.9 Å². The van der Waals surface area contributed by atoms with Crippen molar-refractivity contribution >= 4 is 49.7 Å². The van der Waals surface area contributed by atoms with Crippen LogP contribution in [0.1, 0.15) is 19.8 Å². The quantitative estimate of drug-likeness (QED) is 0.326. The summed E-state index contributed by atoms with van der Waals surface area (Å²) in [6.45, 7) is 6.05. The molecule has 212 valence electrons. The third-order valence-corrected chi connectivity index (χ3v) is 8.80. The van der Waals surface area contributed by atoms with Gasteiger partial charge in [0.1, 0.15) is 0 Å². The second kappa shape index (κ2) is 12.2. The molecule has 2 aromatic heterocycles. The van der Waals surface area contributed by atoms with Gasteiger partial charge in [0, 0.05) is 44.5 Å². The van der Waals surface area contributed by atoms with Crippen LogP contribution in [-0.2, 0) is 10.0 Å². The van der Waals surface area contributed by atoms with E-state index in [1.807, 2.05) is 6.92 Å². The molecular formula is C24H29ClF3N7O2S2. The molecule has 3 heterocycles. The molecule has 1 aliphatic rings. The van der Waals surface area contributed by atoms with Gasteiger partial charge in [0.2, 0.25) is 16.0 Å². The predicted octanol–water partition coefficient (Wildman–Crippen LogP) is 5.19. The molecule has 1 aliphatic heterocycles. The topological polar surface area (TPSA) is 103 Å². The van der Waals surface area contributed by atoms with Crippen molar-refractivity contribution in [2.45, 2.75) is 25.9 Å². The van der Waals surface area contributed by atoms with Gasteiger partial charge in [-0.05, 0) is 25.6 Å². The van der Waals surface area contributed by atoms with Crippen LogP contribution in [0.4, 0.5) is 29.9 Å². The van der Waals surface area contributed by atoms with Crippen molar-refractivity contribution in [1.29, 1.82) is 0 Å². The molecule has 0 saturated carbocycles. The number of halogens is 4. The van der Waals surface area contributed by atoms with Crippen LogP contribution in [0.2, 0.25) is 5.02 Å². The Hall–Kier alpha value is -2.68. The Bertz CT molecular complexity index is 1390. The number of sulfonamides is 1. The number of anilines is 3. The first kappa shape index (κ1) is 29.3. The average molecular weight is 604 g/mol. The Morgan fingerprint density at radius 3 is 2.56 bits per heavy atom. The molecule has 15 heteroatoms. The lowest BCUT2D eigenvalue weighted by Gasteiger charge is -2.32. The molecule has 9 nitrogen and oxygen atoms in total. The van der Waals surface area contributed by atoms with E-state index in [1.54, 1.807) is 24.4 Å². The molecule has 3 aromatic rings. The second-order valence-electron chi connectivity index (χ2n) is 9.11. The van der Waals surface area contributed by atoms with Gasteiger partial charge in [-0.2, -0.15) is 13.2 Å². The van der Waals surface area contributed by atoms with Gasteiger partial charge in [0.15, 0.2) is 5.13 Å². The minimum Gasteiger partial charge on any atom is -0.354 e. The highest BCUT2D eigenvalue weighted by Crippen LogP contribution is 2.44. The van der Waals surface area contributed by atoms with E-state index in [-0.39, 0.29) is 10.7 Å². The zero-order valence-corrected chi connectivity index (χ0v) is 23.8. The number of nitrogens with zero attached hydrogens (tertiary/aromatic N) is 5. The zero-order valence-electron chi connectivity index (χ0n) is 21.4. The van der Waals surface area contributed by atoms with Crippen LogP contribution in [0.15, 0.2) is 30.5 Å². The number of piperazine rings is 1. The van der Waals surface area contributed by atoms with Crippen molar-refractivity contribution in [1.82, 2.24) is 19.9 Å². The SMILES string of the molecule is CCCNc1nccc(-c2sc(N3CCN(C)CC3)nc2-c2cccc(NS(=O)(=O)CCC(F)(F)F)c2Cl)n1. The summed E-state index contributed by atoms with van der Waals surface area (Å²) in [5.41, 5.74) is 1.52.